The highest BCUT2D eigenvalue weighted by Crippen LogP contribution is 2.11. The van der Waals surface area contributed by atoms with Crippen molar-refractivity contribution in [3.8, 4) is 0 Å². The molecule has 2 aromatic rings. The summed E-state index contributed by atoms with van der Waals surface area (Å²) in [7, 11) is 0. The zero-order valence-electron chi connectivity index (χ0n) is 14.8. The normalized spacial score (nSPS) is 11.8. The lowest BCUT2D eigenvalue weighted by molar-refractivity contribution is 0.0418. The molecule has 25 heavy (non-hydrogen) atoms. The fourth-order valence-electron chi connectivity index (χ4n) is 2.27. The molecule has 0 aliphatic heterocycles. The van der Waals surface area contributed by atoms with E-state index in [1.165, 1.54) is 5.56 Å². The molecule has 134 valence electrons. The van der Waals surface area contributed by atoms with Crippen LogP contribution in [0.1, 0.15) is 28.4 Å². The first-order valence-corrected chi connectivity index (χ1v) is 8.52. The molecule has 0 bridgehead atoms. The Hall–Kier alpha value is -2.37. The zero-order chi connectivity index (χ0) is 18.1. The second-order valence-electron chi connectivity index (χ2n) is 5.94. The minimum Gasteiger partial charge on any atom is -0.389 e. The van der Waals surface area contributed by atoms with E-state index in [0.29, 0.717) is 18.7 Å². The van der Waals surface area contributed by atoms with Crippen LogP contribution in [0, 0.1) is 6.92 Å². The molecule has 1 atom stereocenters. The van der Waals surface area contributed by atoms with Gasteiger partial charge in [-0.25, -0.2) is 0 Å². The minimum atomic E-state index is -0.693. The van der Waals surface area contributed by atoms with Crippen LogP contribution in [0.5, 0.6) is 0 Å². The van der Waals surface area contributed by atoms with Crippen molar-refractivity contribution in [3.63, 3.8) is 0 Å². The van der Waals surface area contributed by atoms with Crippen molar-refractivity contribution >= 4 is 11.6 Å². The Morgan fingerprint density at radius 1 is 1.12 bits per heavy atom. The molecule has 0 unspecified atom stereocenters. The number of carbonyl (C=O) groups is 1. The van der Waals surface area contributed by atoms with E-state index in [4.69, 9.17) is 4.74 Å². The van der Waals surface area contributed by atoms with Crippen molar-refractivity contribution in [1.29, 1.82) is 0 Å². The number of benzene rings is 2. The maximum atomic E-state index is 12.1. The fourth-order valence-corrected chi connectivity index (χ4v) is 2.27. The second kappa shape index (κ2) is 9.81. The van der Waals surface area contributed by atoms with Gasteiger partial charge in [-0.15, -0.1) is 0 Å². The standard InChI is InChI=1S/C20H26N2O3/c1-3-25-14-19(23)13-22-20(24)17-8-6-16(7-9-17)12-21-18-10-4-15(2)5-11-18/h4-11,19,21,23H,3,12-14H2,1-2H3,(H,22,24)/t19-/m1/s1. The molecular formula is C20H26N2O3. The van der Waals surface area contributed by atoms with Crippen LogP contribution < -0.4 is 10.6 Å². The van der Waals surface area contributed by atoms with Gasteiger partial charge in [0.15, 0.2) is 0 Å². The first kappa shape index (κ1) is 19.0. The quantitative estimate of drug-likeness (QED) is 0.655. The molecule has 0 fully saturated rings. The molecule has 3 N–H and O–H groups in total. The predicted octanol–water partition coefficient (Wildman–Crippen LogP) is 2.73. The average molecular weight is 342 g/mol. The van der Waals surface area contributed by atoms with Crippen molar-refractivity contribution in [2.75, 3.05) is 25.1 Å². The molecule has 5 heteroatoms. The van der Waals surface area contributed by atoms with Crippen LogP contribution in [0.25, 0.3) is 0 Å². The number of anilines is 1. The summed E-state index contributed by atoms with van der Waals surface area (Å²) in [6.07, 6.45) is -0.693. The molecule has 0 saturated carbocycles. The maximum absolute atomic E-state index is 12.1. The molecule has 0 radical (unpaired) electrons. The fraction of sp³-hybridized carbons (Fsp3) is 0.350. The molecule has 5 nitrogen and oxygen atoms in total. The first-order chi connectivity index (χ1) is 12.1. The van der Waals surface area contributed by atoms with Gasteiger partial charge >= 0.3 is 0 Å². The molecule has 0 aromatic heterocycles. The molecule has 0 saturated heterocycles. The van der Waals surface area contributed by atoms with Crippen LogP contribution in [0.4, 0.5) is 5.69 Å². The number of ether oxygens (including phenoxy) is 1. The number of aryl methyl sites for hydroxylation is 1. The third kappa shape index (κ3) is 6.57. The Kier molecular flexibility index (Phi) is 7.44. The van der Waals surface area contributed by atoms with Gasteiger partial charge in [0, 0.05) is 30.9 Å². The van der Waals surface area contributed by atoms with Crippen LogP contribution in [0.15, 0.2) is 48.5 Å². The van der Waals surface area contributed by atoms with Crippen LogP contribution in [0.3, 0.4) is 0 Å². The van der Waals surface area contributed by atoms with Crippen molar-refractivity contribution in [2.24, 2.45) is 0 Å². The Bertz CT molecular complexity index is 654. The predicted molar refractivity (Wildman–Crippen MR) is 99.8 cm³/mol. The third-order valence-electron chi connectivity index (χ3n) is 3.78. The summed E-state index contributed by atoms with van der Waals surface area (Å²) in [5, 5.41) is 15.7. The van der Waals surface area contributed by atoms with Crippen LogP contribution in [-0.4, -0.2) is 36.9 Å². The van der Waals surface area contributed by atoms with Gasteiger partial charge < -0.3 is 20.5 Å². The number of rotatable bonds is 9. The smallest absolute Gasteiger partial charge is 0.251 e. The summed E-state index contributed by atoms with van der Waals surface area (Å²) in [4.78, 5) is 12.1. The first-order valence-electron chi connectivity index (χ1n) is 8.52. The van der Waals surface area contributed by atoms with Crippen LogP contribution in [0.2, 0.25) is 0 Å². The number of aliphatic hydroxyl groups is 1. The van der Waals surface area contributed by atoms with Crippen LogP contribution in [-0.2, 0) is 11.3 Å². The maximum Gasteiger partial charge on any atom is 0.251 e. The van der Waals surface area contributed by atoms with Crippen LogP contribution >= 0.6 is 0 Å². The number of hydrogen-bond donors (Lipinski definition) is 3. The Morgan fingerprint density at radius 2 is 1.80 bits per heavy atom. The molecule has 2 rings (SSSR count). The summed E-state index contributed by atoms with van der Waals surface area (Å²) in [6, 6.07) is 15.6. The van der Waals surface area contributed by atoms with Gasteiger partial charge in [0.25, 0.3) is 5.91 Å². The number of amides is 1. The number of nitrogens with one attached hydrogen (secondary N) is 2. The van der Waals surface area contributed by atoms with E-state index in [1.807, 2.05) is 31.2 Å². The van der Waals surface area contributed by atoms with E-state index in [2.05, 4.69) is 29.7 Å². The average Bonchev–Trinajstić information content (AvgIpc) is 2.64. The Morgan fingerprint density at radius 3 is 2.44 bits per heavy atom. The van der Waals surface area contributed by atoms with E-state index in [0.717, 1.165) is 11.3 Å². The monoisotopic (exact) mass is 342 g/mol. The summed E-state index contributed by atoms with van der Waals surface area (Å²) < 4.78 is 5.11. The lowest BCUT2D eigenvalue weighted by Crippen LogP contribution is -2.34. The largest absolute Gasteiger partial charge is 0.389 e. The topological polar surface area (TPSA) is 70.6 Å². The molecule has 2 aromatic carbocycles. The van der Waals surface area contributed by atoms with Gasteiger partial charge in [-0.2, -0.15) is 0 Å². The summed E-state index contributed by atoms with van der Waals surface area (Å²) in [5.41, 5.74) is 3.96. The SMILES string of the molecule is CCOC[C@H](O)CNC(=O)c1ccc(CNc2ccc(C)cc2)cc1. The van der Waals surface area contributed by atoms with Crippen molar-refractivity contribution < 1.29 is 14.6 Å². The molecular weight excluding hydrogens is 316 g/mol. The molecule has 0 aliphatic carbocycles. The van der Waals surface area contributed by atoms with Gasteiger partial charge in [0.2, 0.25) is 0 Å². The summed E-state index contributed by atoms with van der Waals surface area (Å²) in [6.45, 7) is 5.56. The Balaban J connectivity index is 1.80. The molecule has 0 aliphatic rings. The summed E-state index contributed by atoms with van der Waals surface area (Å²) in [5.74, 6) is -0.200. The van der Waals surface area contributed by atoms with Gasteiger partial charge in [0.05, 0.1) is 12.7 Å². The highest BCUT2D eigenvalue weighted by atomic mass is 16.5. The number of aliphatic hydroxyl groups excluding tert-OH is 1. The highest BCUT2D eigenvalue weighted by Gasteiger charge is 2.09. The summed E-state index contributed by atoms with van der Waals surface area (Å²) >= 11 is 0. The van der Waals surface area contributed by atoms with E-state index < -0.39 is 6.10 Å². The van der Waals surface area contributed by atoms with Gasteiger partial charge in [-0.1, -0.05) is 29.8 Å². The zero-order valence-corrected chi connectivity index (χ0v) is 14.8. The van der Waals surface area contributed by atoms with E-state index in [9.17, 15) is 9.90 Å². The highest BCUT2D eigenvalue weighted by molar-refractivity contribution is 5.94. The third-order valence-corrected chi connectivity index (χ3v) is 3.78. The van der Waals surface area contributed by atoms with Crippen molar-refractivity contribution in [2.45, 2.75) is 26.5 Å². The Labute approximate surface area is 149 Å². The van der Waals surface area contributed by atoms with E-state index in [1.54, 1.807) is 12.1 Å². The van der Waals surface area contributed by atoms with Gasteiger partial charge in [0.1, 0.15) is 0 Å². The van der Waals surface area contributed by atoms with E-state index >= 15 is 0 Å². The lowest BCUT2D eigenvalue weighted by atomic mass is 10.1. The number of hydrogen-bond acceptors (Lipinski definition) is 4. The molecule has 0 heterocycles. The van der Waals surface area contributed by atoms with Gasteiger partial charge in [-0.3, -0.25) is 4.79 Å². The lowest BCUT2D eigenvalue weighted by Gasteiger charge is -2.12. The van der Waals surface area contributed by atoms with Gasteiger partial charge in [-0.05, 0) is 43.7 Å². The molecule has 1 amide bonds. The minimum absolute atomic E-state index is 0.176. The van der Waals surface area contributed by atoms with E-state index in [-0.39, 0.29) is 19.1 Å². The van der Waals surface area contributed by atoms with Crippen molar-refractivity contribution in [3.05, 3.63) is 65.2 Å². The van der Waals surface area contributed by atoms with Crippen molar-refractivity contribution in [1.82, 2.24) is 5.32 Å². The number of carbonyl (C=O) groups excluding carboxylic acids is 1. The second-order valence-corrected chi connectivity index (χ2v) is 5.94. The molecule has 0 spiro atoms.